The highest BCUT2D eigenvalue weighted by Crippen LogP contribution is 2.12. The van der Waals surface area contributed by atoms with Crippen molar-refractivity contribution in [3.63, 3.8) is 0 Å². The van der Waals surface area contributed by atoms with Crippen LogP contribution in [0.1, 0.15) is 15.9 Å². The molecule has 72 valence electrons. The fourth-order valence-electron chi connectivity index (χ4n) is 1.00. The summed E-state index contributed by atoms with van der Waals surface area (Å²) >= 11 is 0. The van der Waals surface area contributed by atoms with Crippen LogP contribution in [0, 0.1) is 5.82 Å². The Bertz CT molecular complexity index is 396. The average molecular weight is 194 g/mol. The van der Waals surface area contributed by atoms with Crippen molar-refractivity contribution in [3.8, 4) is 0 Å². The Morgan fingerprint density at radius 2 is 2.14 bits per heavy atom. The number of carboxylic acids is 1. The van der Waals surface area contributed by atoms with Crippen LogP contribution in [-0.2, 0) is 4.79 Å². The number of carbonyl (C=O) groups is 2. The first-order valence-corrected chi connectivity index (χ1v) is 3.80. The Morgan fingerprint density at radius 3 is 2.71 bits per heavy atom. The highest BCUT2D eigenvalue weighted by Gasteiger charge is 2.08. The minimum atomic E-state index is -1.23. The lowest BCUT2D eigenvalue weighted by molar-refractivity contribution is -0.104. The summed E-state index contributed by atoms with van der Waals surface area (Å²) in [4.78, 5) is 20.7. The third-order valence-electron chi connectivity index (χ3n) is 1.60. The molecule has 1 N–H and O–H groups in total. The summed E-state index contributed by atoms with van der Waals surface area (Å²) in [6.45, 7) is 0. The zero-order valence-electron chi connectivity index (χ0n) is 7.11. The Hall–Kier alpha value is -1.97. The molecule has 0 heterocycles. The second-order valence-electron chi connectivity index (χ2n) is 2.53. The van der Waals surface area contributed by atoms with Crippen LogP contribution in [0.4, 0.5) is 4.39 Å². The largest absolute Gasteiger partial charge is 0.478 e. The van der Waals surface area contributed by atoms with Gasteiger partial charge in [-0.15, -0.1) is 0 Å². The van der Waals surface area contributed by atoms with Crippen LogP contribution in [0.5, 0.6) is 0 Å². The van der Waals surface area contributed by atoms with Crippen molar-refractivity contribution in [3.05, 3.63) is 41.2 Å². The van der Waals surface area contributed by atoms with E-state index in [0.29, 0.717) is 11.8 Å². The Labute approximate surface area is 79.5 Å². The fourth-order valence-corrected chi connectivity index (χ4v) is 1.00. The molecule has 4 heteroatoms. The van der Waals surface area contributed by atoms with Crippen LogP contribution in [0.25, 0.3) is 6.08 Å². The zero-order chi connectivity index (χ0) is 10.6. The second kappa shape index (κ2) is 4.32. The first-order chi connectivity index (χ1) is 6.65. The van der Waals surface area contributed by atoms with Gasteiger partial charge in [0.05, 0.1) is 5.56 Å². The standard InChI is InChI=1S/C10H7FO3/c11-8-4-3-7(2-1-5-12)9(6-8)10(13)14/h1-6H,(H,13,14). The predicted octanol–water partition coefficient (Wildman–Crippen LogP) is 1.74. The predicted molar refractivity (Wildman–Crippen MR) is 48.5 cm³/mol. The van der Waals surface area contributed by atoms with Crippen molar-refractivity contribution in [2.24, 2.45) is 0 Å². The van der Waals surface area contributed by atoms with E-state index in [0.717, 1.165) is 18.2 Å². The van der Waals surface area contributed by atoms with Gasteiger partial charge in [-0.2, -0.15) is 0 Å². The van der Waals surface area contributed by atoms with Crippen molar-refractivity contribution in [1.82, 2.24) is 0 Å². The lowest BCUT2D eigenvalue weighted by Crippen LogP contribution is -2.00. The smallest absolute Gasteiger partial charge is 0.336 e. The van der Waals surface area contributed by atoms with Crippen molar-refractivity contribution in [2.45, 2.75) is 0 Å². The van der Waals surface area contributed by atoms with Gasteiger partial charge in [-0.1, -0.05) is 12.1 Å². The summed E-state index contributed by atoms with van der Waals surface area (Å²) in [5.41, 5.74) is 0.133. The number of halogens is 1. The molecule has 1 aromatic carbocycles. The number of benzene rings is 1. The summed E-state index contributed by atoms with van der Waals surface area (Å²) in [6, 6.07) is 3.35. The van der Waals surface area contributed by atoms with Crippen LogP contribution in [0.15, 0.2) is 24.3 Å². The van der Waals surface area contributed by atoms with E-state index in [2.05, 4.69) is 0 Å². The maximum atomic E-state index is 12.7. The van der Waals surface area contributed by atoms with E-state index in [-0.39, 0.29) is 5.56 Å². The van der Waals surface area contributed by atoms with Crippen LogP contribution in [0.2, 0.25) is 0 Å². The van der Waals surface area contributed by atoms with Gasteiger partial charge in [-0.3, -0.25) is 4.79 Å². The molecule has 14 heavy (non-hydrogen) atoms. The summed E-state index contributed by atoms with van der Waals surface area (Å²) < 4.78 is 12.7. The van der Waals surface area contributed by atoms with Gasteiger partial charge in [-0.25, -0.2) is 9.18 Å². The molecule has 0 saturated carbocycles. The van der Waals surface area contributed by atoms with E-state index in [1.807, 2.05) is 0 Å². The Kier molecular flexibility index (Phi) is 3.12. The van der Waals surface area contributed by atoms with Gasteiger partial charge in [-0.05, 0) is 23.8 Å². The summed E-state index contributed by atoms with van der Waals surface area (Å²) in [5, 5.41) is 8.70. The molecule has 0 radical (unpaired) electrons. The van der Waals surface area contributed by atoms with Crippen molar-refractivity contribution in [2.75, 3.05) is 0 Å². The number of aldehydes is 1. The molecule has 0 aliphatic carbocycles. The quantitative estimate of drug-likeness (QED) is 0.589. The lowest BCUT2D eigenvalue weighted by atomic mass is 10.1. The molecule has 0 spiro atoms. The number of allylic oxidation sites excluding steroid dienone is 1. The van der Waals surface area contributed by atoms with Gasteiger partial charge in [0.15, 0.2) is 0 Å². The van der Waals surface area contributed by atoms with Gasteiger partial charge >= 0.3 is 5.97 Å². The van der Waals surface area contributed by atoms with Crippen LogP contribution in [0.3, 0.4) is 0 Å². The number of aromatic carboxylic acids is 1. The highest BCUT2D eigenvalue weighted by atomic mass is 19.1. The van der Waals surface area contributed by atoms with E-state index in [4.69, 9.17) is 5.11 Å². The zero-order valence-corrected chi connectivity index (χ0v) is 7.11. The molecule has 0 aromatic heterocycles. The fraction of sp³-hybridized carbons (Fsp3) is 0. The maximum Gasteiger partial charge on any atom is 0.336 e. The number of hydrogen-bond acceptors (Lipinski definition) is 2. The molecule has 3 nitrogen and oxygen atoms in total. The van der Waals surface area contributed by atoms with Crippen LogP contribution >= 0.6 is 0 Å². The van der Waals surface area contributed by atoms with Gasteiger partial charge < -0.3 is 5.11 Å². The molecule has 1 rings (SSSR count). The number of rotatable bonds is 3. The Balaban J connectivity index is 3.21. The molecule has 0 bridgehead atoms. The molecular weight excluding hydrogens is 187 g/mol. The molecule has 0 aliphatic heterocycles. The molecule has 0 amide bonds. The van der Waals surface area contributed by atoms with Crippen molar-refractivity contribution < 1.29 is 19.1 Å². The van der Waals surface area contributed by atoms with E-state index >= 15 is 0 Å². The maximum absolute atomic E-state index is 12.7. The van der Waals surface area contributed by atoms with Gasteiger partial charge in [0.2, 0.25) is 0 Å². The van der Waals surface area contributed by atoms with E-state index in [1.54, 1.807) is 0 Å². The van der Waals surface area contributed by atoms with E-state index in [1.165, 1.54) is 12.1 Å². The molecule has 0 unspecified atom stereocenters. The minimum Gasteiger partial charge on any atom is -0.478 e. The topological polar surface area (TPSA) is 54.4 Å². The third-order valence-corrected chi connectivity index (χ3v) is 1.60. The number of hydrogen-bond donors (Lipinski definition) is 1. The summed E-state index contributed by atoms with van der Waals surface area (Å²) in [7, 11) is 0. The SMILES string of the molecule is O=CC=Cc1ccc(F)cc1C(=O)O. The molecule has 0 aliphatic rings. The first kappa shape index (κ1) is 10.1. The van der Waals surface area contributed by atoms with Gasteiger partial charge in [0.25, 0.3) is 0 Å². The average Bonchev–Trinajstić information content (AvgIpc) is 2.15. The molecular formula is C10H7FO3. The minimum absolute atomic E-state index is 0.164. The second-order valence-corrected chi connectivity index (χ2v) is 2.53. The summed E-state index contributed by atoms with van der Waals surface area (Å²) in [6.07, 6.45) is 2.99. The van der Waals surface area contributed by atoms with Crippen LogP contribution < -0.4 is 0 Å². The van der Waals surface area contributed by atoms with Crippen LogP contribution in [-0.4, -0.2) is 17.4 Å². The molecule has 0 atom stereocenters. The summed E-state index contributed by atoms with van der Waals surface area (Å²) in [5.74, 6) is -1.85. The normalized spacial score (nSPS) is 10.4. The Morgan fingerprint density at radius 1 is 1.43 bits per heavy atom. The lowest BCUT2D eigenvalue weighted by Gasteiger charge is -1.99. The monoisotopic (exact) mass is 194 g/mol. The first-order valence-electron chi connectivity index (χ1n) is 3.80. The van der Waals surface area contributed by atoms with Crippen molar-refractivity contribution in [1.29, 1.82) is 0 Å². The van der Waals surface area contributed by atoms with Crippen molar-refractivity contribution >= 4 is 18.3 Å². The molecule has 0 fully saturated rings. The van der Waals surface area contributed by atoms with Gasteiger partial charge in [0, 0.05) is 0 Å². The molecule has 0 saturated heterocycles. The third kappa shape index (κ3) is 2.26. The number of carboxylic acid groups (broad SMARTS) is 1. The van der Waals surface area contributed by atoms with Gasteiger partial charge in [0.1, 0.15) is 12.1 Å². The highest BCUT2D eigenvalue weighted by molar-refractivity contribution is 5.93. The number of carbonyl (C=O) groups excluding carboxylic acids is 1. The van der Waals surface area contributed by atoms with E-state index in [9.17, 15) is 14.0 Å². The molecule has 1 aromatic rings. The van der Waals surface area contributed by atoms with E-state index < -0.39 is 11.8 Å².